The Hall–Kier alpha value is -1.79. The second kappa shape index (κ2) is 5.07. The Balaban J connectivity index is 2.06. The predicted octanol–water partition coefficient (Wildman–Crippen LogP) is 3.49. The summed E-state index contributed by atoms with van der Waals surface area (Å²) in [5.41, 5.74) is 6.72. The third kappa shape index (κ3) is 3.36. The van der Waals surface area contributed by atoms with Gasteiger partial charge in [0, 0.05) is 19.0 Å². The lowest BCUT2D eigenvalue weighted by Crippen LogP contribution is -2.08. The van der Waals surface area contributed by atoms with Crippen LogP contribution in [-0.2, 0) is 6.54 Å². The highest BCUT2D eigenvalue weighted by molar-refractivity contribution is 5.78. The van der Waals surface area contributed by atoms with E-state index in [1.807, 2.05) is 0 Å². The first kappa shape index (κ1) is 13.6. The van der Waals surface area contributed by atoms with Crippen molar-refractivity contribution in [3.05, 3.63) is 24.0 Å². The Labute approximate surface area is 107 Å². The number of hydrogen-bond donors (Lipinski definition) is 1. The summed E-state index contributed by atoms with van der Waals surface area (Å²) in [5, 5.41) is 0. The molecule has 0 aliphatic rings. The Kier molecular flexibility index (Phi) is 3.64. The second-order valence-corrected chi connectivity index (χ2v) is 4.33. The van der Waals surface area contributed by atoms with Crippen molar-refractivity contribution in [3.8, 4) is 0 Å². The number of aromatic nitrogens is 2. The van der Waals surface area contributed by atoms with Gasteiger partial charge in [0.15, 0.2) is 0 Å². The molecular weight excluding hydrogens is 262 g/mol. The van der Waals surface area contributed by atoms with Gasteiger partial charge in [-0.1, -0.05) is 0 Å². The number of fused-ring (bicyclic) bond motifs is 1. The van der Waals surface area contributed by atoms with Crippen molar-refractivity contribution in [2.45, 2.75) is 32.0 Å². The topological polar surface area (TPSA) is 43.8 Å². The molecule has 2 N–H and O–H groups in total. The summed E-state index contributed by atoms with van der Waals surface area (Å²) < 4.78 is 50.6. The van der Waals surface area contributed by atoms with Gasteiger partial charge in [0.2, 0.25) is 5.95 Å². The van der Waals surface area contributed by atoms with Gasteiger partial charge in [-0.25, -0.2) is 9.37 Å². The van der Waals surface area contributed by atoms with Crippen LogP contribution in [0, 0.1) is 5.82 Å². The van der Waals surface area contributed by atoms with Crippen molar-refractivity contribution in [3.63, 3.8) is 0 Å². The number of nitrogens with two attached hydrogens (primary N) is 1. The van der Waals surface area contributed by atoms with E-state index in [-0.39, 0.29) is 12.4 Å². The van der Waals surface area contributed by atoms with Crippen LogP contribution in [0.25, 0.3) is 11.0 Å². The number of halogens is 4. The molecule has 7 heteroatoms. The summed E-state index contributed by atoms with van der Waals surface area (Å²) >= 11 is 0. The quantitative estimate of drug-likeness (QED) is 0.685. The first-order valence-electron chi connectivity index (χ1n) is 5.85. The Morgan fingerprint density at radius 2 is 1.95 bits per heavy atom. The first-order chi connectivity index (χ1) is 8.87. The minimum absolute atomic E-state index is 0.0316. The largest absolute Gasteiger partial charge is 0.389 e. The van der Waals surface area contributed by atoms with E-state index >= 15 is 0 Å². The smallest absolute Gasteiger partial charge is 0.369 e. The van der Waals surface area contributed by atoms with Crippen LogP contribution in [0.3, 0.4) is 0 Å². The number of nitrogen functional groups attached to an aromatic ring is 1. The van der Waals surface area contributed by atoms with Gasteiger partial charge in [-0.05, 0) is 25.0 Å². The van der Waals surface area contributed by atoms with Gasteiger partial charge < -0.3 is 10.3 Å². The van der Waals surface area contributed by atoms with Crippen LogP contribution in [0.2, 0.25) is 0 Å². The van der Waals surface area contributed by atoms with E-state index in [1.54, 1.807) is 4.57 Å². The van der Waals surface area contributed by atoms with Gasteiger partial charge in [-0.15, -0.1) is 0 Å². The molecule has 0 spiro atoms. The van der Waals surface area contributed by atoms with Crippen molar-refractivity contribution < 1.29 is 17.6 Å². The van der Waals surface area contributed by atoms with Crippen molar-refractivity contribution in [1.82, 2.24) is 9.55 Å². The summed E-state index contributed by atoms with van der Waals surface area (Å²) in [5.74, 6) is -0.234. The Bertz CT molecular complexity index is 574. The van der Waals surface area contributed by atoms with Crippen LogP contribution in [0.4, 0.5) is 23.5 Å². The molecule has 0 saturated heterocycles. The third-order valence-corrected chi connectivity index (χ3v) is 2.83. The van der Waals surface area contributed by atoms with Crippen molar-refractivity contribution in [1.29, 1.82) is 0 Å². The van der Waals surface area contributed by atoms with Gasteiger partial charge in [-0.2, -0.15) is 13.2 Å². The maximum Gasteiger partial charge on any atom is 0.389 e. The third-order valence-electron chi connectivity index (χ3n) is 2.83. The molecule has 1 aromatic carbocycles. The molecule has 2 rings (SSSR count). The van der Waals surface area contributed by atoms with E-state index in [0.717, 1.165) is 0 Å². The van der Waals surface area contributed by atoms with E-state index in [4.69, 9.17) is 5.73 Å². The number of alkyl halides is 3. The molecule has 0 fully saturated rings. The van der Waals surface area contributed by atoms with E-state index < -0.39 is 18.4 Å². The van der Waals surface area contributed by atoms with E-state index in [2.05, 4.69) is 4.98 Å². The van der Waals surface area contributed by atoms with Gasteiger partial charge in [0.05, 0.1) is 11.0 Å². The molecule has 0 aliphatic heterocycles. The highest BCUT2D eigenvalue weighted by Crippen LogP contribution is 2.24. The molecule has 104 valence electrons. The SMILES string of the molecule is Nc1nc2cc(F)ccc2n1CCCCC(F)(F)F. The Morgan fingerprint density at radius 1 is 1.21 bits per heavy atom. The van der Waals surface area contributed by atoms with Gasteiger partial charge in [-0.3, -0.25) is 0 Å². The number of anilines is 1. The van der Waals surface area contributed by atoms with Crippen LogP contribution in [-0.4, -0.2) is 15.7 Å². The molecule has 2 aromatic rings. The average Bonchev–Trinajstić information content (AvgIpc) is 2.58. The first-order valence-corrected chi connectivity index (χ1v) is 5.85. The predicted molar refractivity (Wildman–Crippen MR) is 64.0 cm³/mol. The van der Waals surface area contributed by atoms with E-state index in [1.165, 1.54) is 18.2 Å². The highest BCUT2D eigenvalue weighted by Gasteiger charge is 2.25. The fourth-order valence-corrected chi connectivity index (χ4v) is 1.95. The number of benzene rings is 1. The maximum absolute atomic E-state index is 13.0. The molecule has 0 aliphatic carbocycles. The monoisotopic (exact) mass is 275 g/mol. The standard InChI is InChI=1S/C12H13F4N3/c13-8-3-4-10-9(7-8)18-11(17)19(10)6-2-1-5-12(14,15)16/h3-4,7H,1-2,5-6H2,(H2,17,18). The summed E-state index contributed by atoms with van der Waals surface area (Å²) in [7, 11) is 0. The summed E-state index contributed by atoms with van der Waals surface area (Å²) in [4.78, 5) is 3.98. The van der Waals surface area contributed by atoms with Gasteiger partial charge >= 0.3 is 6.18 Å². The number of aryl methyl sites for hydroxylation is 1. The molecule has 0 radical (unpaired) electrons. The molecule has 19 heavy (non-hydrogen) atoms. The van der Waals surface area contributed by atoms with Crippen molar-refractivity contribution in [2.75, 3.05) is 5.73 Å². The second-order valence-electron chi connectivity index (χ2n) is 4.33. The molecule has 0 amide bonds. The van der Waals surface area contributed by atoms with Gasteiger partial charge in [0.1, 0.15) is 5.82 Å². The number of rotatable bonds is 4. The highest BCUT2D eigenvalue weighted by atomic mass is 19.4. The van der Waals surface area contributed by atoms with Crippen LogP contribution in [0.1, 0.15) is 19.3 Å². The number of unbranched alkanes of at least 4 members (excludes halogenated alkanes) is 1. The van der Waals surface area contributed by atoms with Crippen molar-refractivity contribution in [2.24, 2.45) is 0 Å². The van der Waals surface area contributed by atoms with Crippen LogP contribution >= 0.6 is 0 Å². The van der Waals surface area contributed by atoms with Crippen molar-refractivity contribution >= 4 is 17.0 Å². The summed E-state index contributed by atoms with van der Waals surface area (Å²) in [6, 6.07) is 4.05. The zero-order valence-corrected chi connectivity index (χ0v) is 10.0. The molecule has 1 heterocycles. The minimum atomic E-state index is -4.13. The molecule has 3 nitrogen and oxygen atoms in total. The summed E-state index contributed by atoms with van der Waals surface area (Å²) in [6.07, 6.45) is -4.57. The minimum Gasteiger partial charge on any atom is -0.369 e. The van der Waals surface area contributed by atoms with Crippen LogP contribution in [0.15, 0.2) is 18.2 Å². The number of imidazole rings is 1. The zero-order valence-electron chi connectivity index (χ0n) is 10.0. The van der Waals surface area contributed by atoms with Crippen LogP contribution in [0.5, 0.6) is 0 Å². The molecule has 1 aromatic heterocycles. The normalized spacial score (nSPS) is 12.2. The Morgan fingerprint density at radius 3 is 2.63 bits per heavy atom. The van der Waals surface area contributed by atoms with Gasteiger partial charge in [0.25, 0.3) is 0 Å². The molecule has 0 saturated carbocycles. The average molecular weight is 275 g/mol. The number of nitrogens with zero attached hydrogens (tertiary/aromatic N) is 2. The van der Waals surface area contributed by atoms with E-state index in [0.29, 0.717) is 24.0 Å². The molecular formula is C12H13F4N3. The fraction of sp³-hybridized carbons (Fsp3) is 0.417. The fourth-order valence-electron chi connectivity index (χ4n) is 1.95. The maximum atomic E-state index is 13.0. The molecule has 0 unspecified atom stereocenters. The van der Waals surface area contributed by atoms with E-state index in [9.17, 15) is 17.6 Å². The molecule has 0 bridgehead atoms. The van der Waals surface area contributed by atoms with Crippen LogP contribution < -0.4 is 5.73 Å². The summed E-state index contributed by atoms with van der Waals surface area (Å²) in [6.45, 7) is 0.337. The lowest BCUT2D eigenvalue weighted by atomic mass is 10.2. The molecule has 0 atom stereocenters. The number of hydrogen-bond acceptors (Lipinski definition) is 2. The zero-order chi connectivity index (χ0) is 14.0. The lowest BCUT2D eigenvalue weighted by Gasteiger charge is -2.08. The lowest BCUT2D eigenvalue weighted by molar-refractivity contribution is -0.135.